The average molecular weight is 300 g/mol. The summed E-state index contributed by atoms with van der Waals surface area (Å²) in [5.74, 6) is -1.23. The predicted octanol–water partition coefficient (Wildman–Crippen LogP) is 3.07. The van der Waals surface area contributed by atoms with E-state index in [9.17, 15) is 9.59 Å². The van der Waals surface area contributed by atoms with Crippen molar-refractivity contribution in [2.45, 2.75) is 20.0 Å². The Morgan fingerprint density at radius 2 is 1.59 bits per heavy atom. The molecular formula is C17H16O5. The molecule has 0 saturated heterocycles. The quantitative estimate of drug-likeness (QED) is 0.678. The number of carbonyl (C=O) groups is 2. The van der Waals surface area contributed by atoms with Crippen LogP contribution in [0.4, 0.5) is 0 Å². The molecule has 0 aromatic heterocycles. The van der Waals surface area contributed by atoms with Crippen LogP contribution in [0, 0.1) is 6.92 Å². The van der Waals surface area contributed by atoms with Crippen molar-refractivity contribution in [3.63, 3.8) is 0 Å². The monoisotopic (exact) mass is 300 g/mol. The van der Waals surface area contributed by atoms with Gasteiger partial charge >= 0.3 is 11.9 Å². The standard InChI is InChI=1S/C17H16O5/c1-11-7-3-5-9-14(11)21-12(2)17(20)22-15-10-6-4-8-13(15)16(18)19/h3-10,12H,1-2H3,(H,18,19). The Bertz CT molecular complexity index is 693. The molecule has 114 valence electrons. The van der Waals surface area contributed by atoms with Crippen molar-refractivity contribution in [3.05, 3.63) is 59.7 Å². The van der Waals surface area contributed by atoms with Gasteiger partial charge in [-0.1, -0.05) is 30.3 Å². The highest BCUT2D eigenvalue weighted by Crippen LogP contribution is 2.21. The predicted molar refractivity (Wildman–Crippen MR) is 80.3 cm³/mol. The first-order valence-corrected chi connectivity index (χ1v) is 6.75. The lowest BCUT2D eigenvalue weighted by Crippen LogP contribution is -2.29. The van der Waals surface area contributed by atoms with Gasteiger partial charge in [-0.2, -0.15) is 0 Å². The second-order valence-electron chi connectivity index (χ2n) is 4.75. The number of carboxylic acid groups (broad SMARTS) is 1. The van der Waals surface area contributed by atoms with Gasteiger partial charge in [-0.25, -0.2) is 9.59 Å². The molecule has 5 heteroatoms. The summed E-state index contributed by atoms with van der Waals surface area (Å²) in [6.45, 7) is 3.42. The van der Waals surface area contributed by atoms with Crippen molar-refractivity contribution >= 4 is 11.9 Å². The Hall–Kier alpha value is -2.82. The minimum Gasteiger partial charge on any atom is -0.479 e. The normalized spacial score (nSPS) is 11.5. The fraction of sp³-hybridized carbons (Fsp3) is 0.176. The van der Waals surface area contributed by atoms with Crippen LogP contribution in [0.2, 0.25) is 0 Å². The average Bonchev–Trinajstić information content (AvgIpc) is 2.49. The van der Waals surface area contributed by atoms with Gasteiger partial charge < -0.3 is 14.6 Å². The zero-order valence-electron chi connectivity index (χ0n) is 12.3. The van der Waals surface area contributed by atoms with Crippen molar-refractivity contribution in [1.29, 1.82) is 0 Å². The van der Waals surface area contributed by atoms with E-state index in [1.54, 1.807) is 31.2 Å². The molecule has 2 rings (SSSR count). The number of hydrogen-bond acceptors (Lipinski definition) is 4. The smallest absolute Gasteiger partial charge is 0.352 e. The van der Waals surface area contributed by atoms with Crippen LogP contribution < -0.4 is 9.47 Å². The molecule has 2 aromatic carbocycles. The first-order chi connectivity index (χ1) is 10.5. The molecule has 1 unspecified atom stereocenters. The number of aryl methyl sites for hydroxylation is 1. The van der Waals surface area contributed by atoms with Crippen LogP contribution in [0.3, 0.4) is 0 Å². The molecule has 0 aliphatic carbocycles. The molecule has 0 bridgehead atoms. The lowest BCUT2D eigenvalue weighted by Gasteiger charge is -2.16. The summed E-state index contributed by atoms with van der Waals surface area (Å²) in [6.07, 6.45) is -0.858. The highest BCUT2D eigenvalue weighted by molar-refractivity contribution is 5.92. The van der Waals surface area contributed by atoms with E-state index >= 15 is 0 Å². The number of carboxylic acids is 1. The number of hydrogen-bond donors (Lipinski definition) is 1. The summed E-state index contributed by atoms with van der Waals surface area (Å²) < 4.78 is 10.7. The number of aromatic carboxylic acids is 1. The van der Waals surface area contributed by atoms with Gasteiger partial charge in [0.15, 0.2) is 6.10 Å². The number of rotatable bonds is 5. The van der Waals surface area contributed by atoms with Crippen LogP contribution in [0.5, 0.6) is 11.5 Å². The summed E-state index contributed by atoms with van der Waals surface area (Å²) in [4.78, 5) is 23.1. The highest BCUT2D eigenvalue weighted by Gasteiger charge is 2.20. The molecule has 0 spiro atoms. The molecule has 1 atom stereocenters. The molecule has 22 heavy (non-hydrogen) atoms. The van der Waals surface area contributed by atoms with Gasteiger partial charge in [-0.3, -0.25) is 0 Å². The number of para-hydroxylation sites is 2. The summed E-state index contributed by atoms with van der Waals surface area (Å²) in [7, 11) is 0. The van der Waals surface area contributed by atoms with E-state index in [-0.39, 0.29) is 11.3 Å². The Balaban J connectivity index is 2.09. The third kappa shape index (κ3) is 3.63. The van der Waals surface area contributed by atoms with E-state index in [0.717, 1.165) is 5.56 Å². The fourth-order valence-electron chi connectivity index (χ4n) is 1.85. The van der Waals surface area contributed by atoms with E-state index in [1.807, 2.05) is 19.1 Å². The van der Waals surface area contributed by atoms with E-state index in [1.165, 1.54) is 12.1 Å². The lowest BCUT2D eigenvalue weighted by molar-refractivity contribution is -0.141. The van der Waals surface area contributed by atoms with Crippen molar-refractivity contribution in [2.75, 3.05) is 0 Å². The van der Waals surface area contributed by atoms with Gasteiger partial charge in [-0.05, 0) is 37.6 Å². The first kappa shape index (κ1) is 15.6. The molecule has 0 fully saturated rings. The summed E-state index contributed by atoms with van der Waals surface area (Å²) in [6, 6.07) is 13.3. The van der Waals surface area contributed by atoms with Crippen LogP contribution in [-0.2, 0) is 4.79 Å². The second-order valence-corrected chi connectivity index (χ2v) is 4.75. The molecule has 2 aromatic rings. The van der Waals surface area contributed by atoms with Gasteiger partial charge in [-0.15, -0.1) is 0 Å². The van der Waals surface area contributed by atoms with Crippen molar-refractivity contribution in [3.8, 4) is 11.5 Å². The fourth-order valence-corrected chi connectivity index (χ4v) is 1.85. The maximum Gasteiger partial charge on any atom is 0.352 e. The summed E-state index contributed by atoms with van der Waals surface area (Å²) in [5.41, 5.74) is 0.826. The summed E-state index contributed by atoms with van der Waals surface area (Å²) in [5, 5.41) is 9.07. The Morgan fingerprint density at radius 3 is 2.23 bits per heavy atom. The van der Waals surface area contributed by atoms with E-state index in [0.29, 0.717) is 5.75 Å². The van der Waals surface area contributed by atoms with Gasteiger partial charge in [0, 0.05) is 0 Å². The molecule has 5 nitrogen and oxygen atoms in total. The molecular weight excluding hydrogens is 284 g/mol. The third-order valence-electron chi connectivity index (χ3n) is 3.06. The van der Waals surface area contributed by atoms with Crippen molar-refractivity contribution in [2.24, 2.45) is 0 Å². The SMILES string of the molecule is Cc1ccccc1OC(C)C(=O)Oc1ccccc1C(=O)O. The molecule has 0 amide bonds. The minimum absolute atomic E-state index is 0.000216. The van der Waals surface area contributed by atoms with Crippen LogP contribution >= 0.6 is 0 Å². The van der Waals surface area contributed by atoms with Crippen LogP contribution in [0.1, 0.15) is 22.8 Å². The van der Waals surface area contributed by atoms with Gasteiger partial charge in [0.05, 0.1) is 0 Å². The molecule has 0 radical (unpaired) electrons. The molecule has 0 aliphatic rings. The van der Waals surface area contributed by atoms with Gasteiger partial charge in [0.1, 0.15) is 17.1 Å². The minimum atomic E-state index is -1.16. The molecule has 1 N–H and O–H groups in total. The second kappa shape index (κ2) is 6.76. The van der Waals surface area contributed by atoms with E-state index in [4.69, 9.17) is 14.6 Å². The third-order valence-corrected chi connectivity index (χ3v) is 3.06. The van der Waals surface area contributed by atoms with E-state index in [2.05, 4.69) is 0 Å². The highest BCUT2D eigenvalue weighted by atomic mass is 16.6. The van der Waals surface area contributed by atoms with Gasteiger partial charge in [0.2, 0.25) is 0 Å². The zero-order valence-corrected chi connectivity index (χ0v) is 12.3. The van der Waals surface area contributed by atoms with Gasteiger partial charge in [0.25, 0.3) is 0 Å². The maximum absolute atomic E-state index is 12.1. The van der Waals surface area contributed by atoms with Crippen LogP contribution in [0.15, 0.2) is 48.5 Å². The maximum atomic E-state index is 12.1. The Morgan fingerprint density at radius 1 is 1.00 bits per heavy atom. The van der Waals surface area contributed by atoms with Crippen molar-refractivity contribution < 1.29 is 24.2 Å². The van der Waals surface area contributed by atoms with Crippen LogP contribution in [0.25, 0.3) is 0 Å². The summed E-state index contributed by atoms with van der Waals surface area (Å²) >= 11 is 0. The Labute approximate surface area is 128 Å². The topological polar surface area (TPSA) is 72.8 Å². The molecule has 0 aliphatic heterocycles. The number of carbonyl (C=O) groups excluding carboxylic acids is 1. The Kier molecular flexibility index (Phi) is 4.78. The lowest BCUT2D eigenvalue weighted by atomic mass is 10.2. The number of ether oxygens (including phenoxy) is 2. The van der Waals surface area contributed by atoms with Crippen LogP contribution in [-0.4, -0.2) is 23.1 Å². The molecule has 0 heterocycles. The van der Waals surface area contributed by atoms with E-state index < -0.39 is 18.0 Å². The number of esters is 1. The molecule has 0 saturated carbocycles. The zero-order chi connectivity index (χ0) is 16.1. The largest absolute Gasteiger partial charge is 0.479 e. The first-order valence-electron chi connectivity index (χ1n) is 6.75. The number of benzene rings is 2. The van der Waals surface area contributed by atoms with Crippen molar-refractivity contribution in [1.82, 2.24) is 0 Å².